The molecule has 23 heavy (non-hydrogen) atoms. The van der Waals surface area contributed by atoms with Crippen LogP contribution < -0.4 is 11.6 Å². The second kappa shape index (κ2) is 5.57. The third kappa shape index (κ3) is 2.32. The Kier molecular flexibility index (Phi) is 3.72. The number of fused-ring (bicyclic) bond motifs is 3. The van der Waals surface area contributed by atoms with Crippen LogP contribution in [0.25, 0.3) is 28.0 Å². The lowest BCUT2D eigenvalue weighted by molar-refractivity contribution is 0.801. The summed E-state index contributed by atoms with van der Waals surface area (Å²) in [7, 11) is 0. The van der Waals surface area contributed by atoms with Gasteiger partial charge in [-0.1, -0.05) is 39.5 Å². The quantitative estimate of drug-likeness (QED) is 0.721. The molecule has 5 heteroatoms. The molecule has 0 saturated heterocycles. The molecule has 0 amide bonds. The number of imidazole rings is 1. The summed E-state index contributed by atoms with van der Waals surface area (Å²) in [6.45, 7) is 10.3. The van der Waals surface area contributed by atoms with Crippen molar-refractivity contribution in [2.45, 2.75) is 39.5 Å². The topological polar surface area (TPSA) is 82.8 Å². The molecule has 0 atom stereocenters. The monoisotopic (exact) mass is 309 g/mol. The Balaban J connectivity index is 2.52. The van der Waals surface area contributed by atoms with Crippen LogP contribution in [0.4, 0.5) is 5.82 Å². The Labute approximate surface area is 136 Å². The van der Waals surface area contributed by atoms with E-state index in [0.29, 0.717) is 17.3 Å². The third-order valence-corrected chi connectivity index (χ3v) is 4.21. The van der Waals surface area contributed by atoms with Crippen molar-refractivity contribution < 1.29 is 0 Å². The molecular formula is C18H23N5. The summed E-state index contributed by atoms with van der Waals surface area (Å²) >= 11 is 0. The van der Waals surface area contributed by atoms with Crippen LogP contribution in [-0.2, 0) is 6.42 Å². The average Bonchev–Trinajstić information content (AvgIpc) is 2.84. The predicted molar refractivity (Wildman–Crippen MR) is 97.8 cm³/mol. The lowest BCUT2D eigenvalue weighted by Crippen LogP contribution is -2.13. The van der Waals surface area contributed by atoms with Gasteiger partial charge in [0.1, 0.15) is 16.9 Å². The summed E-state index contributed by atoms with van der Waals surface area (Å²) in [6.07, 6.45) is 3.62. The minimum Gasteiger partial charge on any atom is -0.382 e. The van der Waals surface area contributed by atoms with Gasteiger partial charge in [0, 0.05) is 11.8 Å². The molecule has 1 aromatic carbocycles. The first kappa shape index (κ1) is 15.3. The number of nitrogens with zero attached hydrogens (tertiary/aromatic N) is 3. The van der Waals surface area contributed by atoms with E-state index in [2.05, 4.69) is 43.4 Å². The lowest BCUT2D eigenvalue weighted by Gasteiger charge is -2.14. The maximum Gasteiger partial charge on any atom is 0.152 e. The molecule has 3 aromatic rings. The van der Waals surface area contributed by atoms with Gasteiger partial charge >= 0.3 is 0 Å². The van der Waals surface area contributed by atoms with Crippen molar-refractivity contribution in [2.24, 2.45) is 0 Å². The Morgan fingerprint density at radius 3 is 2.65 bits per heavy atom. The number of anilines is 1. The van der Waals surface area contributed by atoms with Crippen molar-refractivity contribution in [1.82, 2.24) is 14.6 Å². The van der Waals surface area contributed by atoms with Gasteiger partial charge in [0.25, 0.3) is 0 Å². The summed E-state index contributed by atoms with van der Waals surface area (Å²) in [5.41, 5.74) is 10.8. The first-order valence-corrected chi connectivity index (χ1v) is 7.99. The molecule has 2 aromatic heterocycles. The molecule has 0 aliphatic rings. The van der Waals surface area contributed by atoms with Gasteiger partial charge in [-0.05, 0) is 29.5 Å². The second-order valence-corrected chi connectivity index (χ2v) is 6.21. The zero-order valence-corrected chi connectivity index (χ0v) is 13.9. The van der Waals surface area contributed by atoms with Crippen molar-refractivity contribution in [3.05, 3.63) is 35.7 Å². The number of benzene rings is 1. The van der Waals surface area contributed by atoms with Gasteiger partial charge in [-0.2, -0.15) is 0 Å². The zero-order chi connectivity index (χ0) is 16.7. The number of nitrogen functional groups attached to an aromatic ring is 2. The van der Waals surface area contributed by atoms with Crippen molar-refractivity contribution in [1.29, 1.82) is 0 Å². The number of hydrogen-bond acceptors (Lipinski definition) is 4. The summed E-state index contributed by atoms with van der Waals surface area (Å²) in [6, 6.07) is 4.14. The Hall–Kier alpha value is -2.56. The van der Waals surface area contributed by atoms with Crippen LogP contribution in [0.5, 0.6) is 0 Å². The van der Waals surface area contributed by atoms with Crippen LogP contribution in [0.3, 0.4) is 0 Å². The van der Waals surface area contributed by atoms with Crippen LogP contribution in [0.15, 0.2) is 18.7 Å². The van der Waals surface area contributed by atoms with E-state index in [9.17, 15) is 0 Å². The van der Waals surface area contributed by atoms with Gasteiger partial charge in [-0.25, -0.2) is 14.6 Å². The molecule has 0 aliphatic heterocycles. The van der Waals surface area contributed by atoms with E-state index in [4.69, 9.17) is 11.6 Å². The van der Waals surface area contributed by atoms with E-state index < -0.39 is 0 Å². The van der Waals surface area contributed by atoms with E-state index in [-0.39, 0.29) is 0 Å². The predicted octanol–water partition coefficient (Wildman–Crippen LogP) is 3.60. The highest BCUT2D eigenvalue weighted by molar-refractivity contribution is 6.09. The molecule has 0 bridgehead atoms. The summed E-state index contributed by atoms with van der Waals surface area (Å²) in [5.74, 6) is 7.94. The number of aryl methyl sites for hydroxylation is 1. The van der Waals surface area contributed by atoms with Gasteiger partial charge in [0.2, 0.25) is 0 Å². The molecule has 5 nitrogen and oxygen atoms in total. The molecule has 0 radical (unpaired) electrons. The van der Waals surface area contributed by atoms with Crippen LogP contribution in [0.2, 0.25) is 0 Å². The fraction of sp³-hybridized carbons (Fsp3) is 0.333. The summed E-state index contributed by atoms with van der Waals surface area (Å²) in [5, 5.41) is 1.03. The maximum atomic E-state index is 6.35. The zero-order valence-electron chi connectivity index (χ0n) is 13.9. The number of rotatable bonds is 4. The fourth-order valence-corrected chi connectivity index (χ4v) is 3.07. The Morgan fingerprint density at radius 1 is 1.30 bits per heavy atom. The molecule has 3 rings (SSSR count). The largest absolute Gasteiger partial charge is 0.382 e. The molecule has 120 valence electrons. The van der Waals surface area contributed by atoms with Crippen LogP contribution in [0.1, 0.15) is 50.1 Å². The van der Waals surface area contributed by atoms with Crippen LogP contribution >= 0.6 is 0 Å². The van der Waals surface area contributed by atoms with Crippen molar-refractivity contribution in [3.63, 3.8) is 0 Å². The van der Waals surface area contributed by atoms with Crippen molar-refractivity contribution >= 4 is 33.8 Å². The molecule has 0 fully saturated rings. The highest BCUT2D eigenvalue weighted by Crippen LogP contribution is 2.34. The molecule has 4 N–H and O–H groups in total. The van der Waals surface area contributed by atoms with Crippen molar-refractivity contribution in [3.8, 4) is 0 Å². The normalized spacial score (nSPS) is 11.7. The first-order chi connectivity index (χ1) is 11.0. The maximum absolute atomic E-state index is 6.35. The van der Waals surface area contributed by atoms with Gasteiger partial charge in [-0.3, -0.25) is 0 Å². The molecule has 0 spiro atoms. The van der Waals surface area contributed by atoms with Gasteiger partial charge in [0.05, 0.1) is 5.52 Å². The number of aromatic nitrogens is 3. The third-order valence-electron chi connectivity index (χ3n) is 4.21. The van der Waals surface area contributed by atoms with E-state index in [1.807, 2.05) is 12.1 Å². The molecule has 0 unspecified atom stereocenters. The number of nitrogens with two attached hydrogens (primary N) is 2. The Bertz CT molecular complexity index is 905. The van der Waals surface area contributed by atoms with Crippen LogP contribution in [-0.4, -0.2) is 14.6 Å². The van der Waals surface area contributed by atoms with Crippen LogP contribution in [0, 0.1) is 0 Å². The standard InChI is InChI=1S/C18H23N5/c1-5-7-14-22-16-17(23(14)20)15-12(10(3)4)8-11(6-2)9-13(15)21-18(16)19/h6,8-10H,2,5,7,20H2,1,3-4H3,(H2,19,21). The molecule has 0 aliphatic carbocycles. The second-order valence-electron chi connectivity index (χ2n) is 6.21. The van der Waals surface area contributed by atoms with Crippen molar-refractivity contribution in [2.75, 3.05) is 11.6 Å². The Morgan fingerprint density at radius 2 is 2.04 bits per heavy atom. The first-order valence-electron chi connectivity index (χ1n) is 7.99. The van der Waals surface area contributed by atoms with Gasteiger partial charge in [0.15, 0.2) is 5.82 Å². The summed E-state index contributed by atoms with van der Waals surface area (Å²) < 4.78 is 1.68. The molecular weight excluding hydrogens is 286 g/mol. The highest BCUT2D eigenvalue weighted by atomic mass is 15.3. The minimum atomic E-state index is 0.329. The lowest BCUT2D eigenvalue weighted by atomic mass is 9.95. The SMILES string of the molecule is C=Cc1cc(C(C)C)c2c(c1)nc(N)c1nc(CCC)n(N)c12. The highest BCUT2D eigenvalue weighted by Gasteiger charge is 2.19. The summed E-state index contributed by atoms with van der Waals surface area (Å²) in [4.78, 5) is 9.19. The molecule has 0 saturated carbocycles. The van der Waals surface area contributed by atoms with Gasteiger partial charge < -0.3 is 11.6 Å². The number of pyridine rings is 1. The van der Waals surface area contributed by atoms with E-state index in [1.54, 1.807) is 4.68 Å². The minimum absolute atomic E-state index is 0.329. The van der Waals surface area contributed by atoms with E-state index >= 15 is 0 Å². The van der Waals surface area contributed by atoms with Gasteiger partial charge in [-0.15, -0.1) is 0 Å². The smallest absolute Gasteiger partial charge is 0.152 e. The van der Waals surface area contributed by atoms with E-state index in [1.165, 1.54) is 5.56 Å². The number of hydrogen-bond donors (Lipinski definition) is 2. The average molecular weight is 309 g/mol. The fourth-order valence-electron chi connectivity index (χ4n) is 3.07. The van der Waals surface area contributed by atoms with E-state index in [0.717, 1.165) is 40.6 Å². The molecule has 2 heterocycles.